The molecule has 0 saturated carbocycles. The minimum atomic E-state index is -2.03. The molecule has 0 unspecified atom stereocenters. The quantitative estimate of drug-likeness (QED) is 0.0801. The number of nitrogens with one attached hydrogen (secondary N) is 9. The minimum Gasteiger partial charge on any atom is -0.550 e. The number of phenolic OH excluding ortho intramolecular Hbond substituents is 2. The molecule has 4 bridgehead atoms. The molecule has 97 heavy (non-hydrogen) atoms. The number of ether oxygens (including phenoxy) is 1. The van der Waals surface area contributed by atoms with Gasteiger partial charge in [0.05, 0.1) is 19.0 Å². The number of thioether (sulfide) groups is 2. The number of aliphatic carboxylic acids is 1. The molecule has 11 atom stereocenters. The van der Waals surface area contributed by atoms with E-state index >= 15 is 9.59 Å². The summed E-state index contributed by atoms with van der Waals surface area (Å²) in [5.41, 5.74) is 8.51. The Kier molecular flexibility index (Phi) is 28.7. The summed E-state index contributed by atoms with van der Waals surface area (Å²) in [6.45, 7) is 5.07. The Morgan fingerprint density at radius 2 is 1.24 bits per heavy atom. The maximum absolute atomic E-state index is 15.2. The molecule has 0 aliphatic carbocycles. The van der Waals surface area contributed by atoms with Crippen LogP contribution in [-0.2, 0) is 88.3 Å². The Bertz CT molecular complexity index is 3420. The van der Waals surface area contributed by atoms with Crippen LogP contribution in [0.3, 0.4) is 0 Å². The zero-order valence-corrected chi connectivity index (χ0v) is 55.6. The van der Waals surface area contributed by atoms with Gasteiger partial charge in [-0.05, 0) is 110 Å². The zero-order valence-electron chi connectivity index (χ0n) is 54.0. The van der Waals surface area contributed by atoms with Crippen LogP contribution < -0.4 is 58.1 Å². The van der Waals surface area contributed by atoms with Gasteiger partial charge in [-0.25, -0.2) is 4.98 Å². The fourth-order valence-electron chi connectivity index (χ4n) is 10.9. The van der Waals surface area contributed by atoms with Gasteiger partial charge in [-0.3, -0.25) is 47.9 Å². The number of amides is 10. The summed E-state index contributed by atoms with van der Waals surface area (Å²) in [7, 11) is 0. The van der Waals surface area contributed by atoms with E-state index in [1.807, 2.05) is 18.2 Å². The molecule has 3 aliphatic rings. The number of hydrogen-bond acceptors (Lipinski definition) is 21. The highest BCUT2D eigenvalue weighted by molar-refractivity contribution is 7.98. The van der Waals surface area contributed by atoms with Crippen molar-refractivity contribution in [3.05, 3.63) is 107 Å². The van der Waals surface area contributed by atoms with Crippen molar-refractivity contribution in [2.24, 2.45) is 16.8 Å². The number of fused-ring (bicyclic) bond motifs is 6. The number of aromatic nitrogens is 2. The number of carbonyl (C=O) groups is 11. The molecule has 14 N–H and O–H groups in total. The number of carboxylic acids is 1. The molecule has 524 valence electrons. The number of aromatic amines is 1. The molecule has 4 aromatic rings. The van der Waals surface area contributed by atoms with Crippen molar-refractivity contribution in [1.82, 2.24) is 57.4 Å². The molecule has 1 saturated heterocycles. The van der Waals surface area contributed by atoms with Gasteiger partial charge in [-0.2, -0.15) is 23.5 Å². The molecule has 30 nitrogen and oxygen atoms in total. The maximum atomic E-state index is 15.2. The summed E-state index contributed by atoms with van der Waals surface area (Å²) in [5.74, 6) is -11.4. The van der Waals surface area contributed by atoms with Gasteiger partial charge in [0, 0.05) is 73.1 Å². The number of H-pyrrole nitrogens is 1. The Labute approximate surface area is 568 Å². The number of aliphatic hydroxyl groups is 1. The lowest BCUT2D eigenvalue weighted by molar-refractivity contribution is -0.306. The van der Waals surface area contributed by atoms with Gasteiger partial charge < -0.3 is 92.9 Å². The molecule has 32 heteroatoms. The largest absolute Gasteiger partial charge is 0.550 e. The Morgan fingerprint density at radius 1 is 0.660 bits per heavy atom. The van der Waals surface area contributed by atoms with Gasteiger partial charge in [-0.15, -0.1) is 0 Å². The standard InChI is InChI=1S/C65H85N13O17S2/c1-4-36(2)55-63(91)75-51-34-97-32-41-22-40(23-45(24-41)94-20-7-5-6-8-21-95-69-30-53(82)76-55)31-96-33-50(57(66)85)74-59(87)47(27-42-29-67-35-68-42)70-58(86)46(25-38-11-15-43(80)16-12-38)72-64(92)56(37(3)79)77-60(88)48(28-54(83)84)71-62(90)52-10-9-19-78(52)65(93)49(73-61(51)89)26-39-13-17-44(81)18-14-39/h11-18,22-24,29-30,35-37,46-52,55-56,79-81H,4-10,19-21,25-28,31-34H2,1-3H3,(H2,66,85)(H,67,68)(H,70,86)(H,71,90)(H,72,92)(H,73,89)(H,74,87)(H,75,91)(H,76,82)(H,77,88)(H,83,84)/p-1/b69-30+/t36-,37+,46-,47-,48-,49-,50-,51-,52-,55-,56-/m0/s1. The van der Waals surface area contributed by atoms with Crippen molar-refractivity contribution in [3.63, 3.8) is 0 Å². The van der Waals surface area contributed by atoms with E-state index in [4.69, 9.17) is 15.3 Å². The van der Waals surface area contributed by atoms with Crippen LogP contribution >= 0.6 is 23.5 Å². The summed E-state index contributed by atoms with van der Waals surface area (Å²) in [5, 5.41) is 68.3. The average Bonchev–Trinajstić information content (AvgIpc) is 1.82. The van der Waals surface area contributed by atoms with E-state index < -0.39 is 138 Å². The number of hydrogen-bond donors (Lipinski definition) is 13. The Morgan fingerprint density at radius 3 is 1.86 bits per heavy atom. The van der Waals surface area contributed by atoms with E-state index in [-0.39, 0.29) is 79.8 Å². The number of rotatable bonds is 12. The van der Waals surface area contributed by atoms with E-state index in [0.717, 1.165) is 30.9 Å². The first kappa shape index (κ1) is 75.0. The summed E-state index contributed by atoms with van der Waals surface area (Å²) in [6.07, 6.45) is 3.21. The predicted molar refractivity (Wildman–Crippen MR) is 353 cm³/mol. The second-order valence-corrected chi connectivity index (χ2v) is 26.1. The number of benzene rings is 3. The monoisotopic (exact) mass is 1380 g/mol. The molecule has 4 heterocycles. The number of carbonyl (C=O) groups excluding carboxylic acids is 11. The van der Waals surface area contributed by atoms with Crippen LogP contribution in [0.5, 0.6) is 17.2 Å². The van der Waals surface area contributed by atoms with E-state index in [2.05, 4.69) is 57.7 Å². The van der Waals surface area contributed by atoms with Crippen molar-refractivity contribution >= 4 is 94.8 Å². The fourth-order valence-corrected chi connectivity index (χ4v) is 12.9. The van der Waals surface area contributed by atoms with E-state index in [9.17, 15) is 63.6 Å². The molecular formula is C65H84N13O17S2-. The van der Waals surface area contributed by atoms with Crippen molar-refractivity contribution in [3.8, 4) is 17.2 Å². The molecule has 10 amide bonds. The van der Waals surface area contributed by atoms with E-state index in [1.54, 1.807) is 13.8 Å². The topological polar surface area (TPSA) is 457 Å². The SMILES string of the molecule is CC[C@H](C)[C@@H]1NC(=O)/C=N/OCCCCCCOc2cc3cc(c2)CSC[C@H](NC1=O)C(=O)N[C@@H](Cc1ccc(O)cc1)C(=O)N1CCC[C@H]1C(=O)N[C@@H](CC(=O)[O-])C(=O)N[C@@H]([C@@H](C)O)C(=O)N[C@@H](Cc1ccc(O)cc1)C(=O)N[C@@H](Cc1cnc[nH]1)C(=O)N[C@H](C(N)=O)CSC3. The number of phenols is 2. The second-order valence-electron chi connectivity index (χ2n) is 24.0. The van der Waals surface area contributed by atoms with Crippen LogP contribution in [0.25, 0.3) is 0 Å². The van der Waals surface area contributed by atoms with Crippen molar-refractivity contribution in [1.29, 1.82) is 0 Å². The van der Waals surface area contributed by atoms with Crippen LogP contribution in [0.15, 0.2) is 84.4 Å². The third-order valence-corrected chi connectivity index (χ3v) is 18.6. The minimum absolute atomic E-state index is 0.0298. The number of aromatic hydroxyl groups is 2. The highest BCUT2D eigenvalue weighted by Crippen LogP contribution is 2.27. The molecule has 3 aliphatic heterocycles. The van der Waals surface area contributed by atoms with Gasteiger partial charge in [0.1, 0.15) is 84.4 Å². The number of carboxylic acid groups (broad SMARTS) is 1. The normalized spacial score (nSPS) is 25.0. The van der Waals surface area contributed by atoms with Crippen LogP contribution in [0.1, 0.15) is 100 Å². The number of primary amides is 1. The average molecular weight is 1380 g/mol. The van der Waals surface area contributed by atoms with E-state index in [0.29, 0.717) is 59.6 Å². The molecular weight excluding hydrogens is 1300 g/mol. The first-order chi connectivity index (χ1) is 46.4. The number of aliphatic hydroxyl groups excluding tert-OH is 1. The first-order valence-corrected chi connectivity index (χ1v) is 34.3. The number of nitrogens with two attached hydrogens (primary N) is 1. The smallest absolute Gasteiger partial charge is 0.266 e. The first-order valence-electron chi connectivity index (χ1n) is 31.9. The predicted octanol–water partition coefficient (Wildman–Crippen LogP) is -1.09. The molecule has 0 spiro atoms. The van der Waals surface area contributed by atoms with Gasteiger partial charge in [0.15, 0.2) is 0 Å². The van der Waals surface area contributed by atoms with Crippen LogP contribution in [0.4, 0.5) is 0 Å². The zero-order chi connectivity index (χ0) is 70.1. The number of imidazole rings is 1. The van der Waals surface area contributed by atoms with Crippen LogP contribution in [0, 0.1) is 5.92 Å². The summed E-state index contributed by atoms with van der Waals surface area (Å²) < 4.78 is 6.30. The molecule has 7 rings (SSSR count). The van der Waals surface area contributed by atoms with Gasteiger partial charge in [-0.1, -0.05) is 55.8 Å². The summed E-state index contributed by atoms with van der Waals surface area (Å²) in [6, 6.07) is 2.75. The van der Waals surface area contributed by atoms with Crippen LogP contribution in [-0.4, -0.2) is 193 Å². The molecule has 0 radical (unpaired) electrons. The molecule has 3 aromatic carbocycles. The lowest BCUT2D eigenvalue weighted by atomic mass is 9.98. The lowest BCUT2D eigenvalue weighted by Crippen LogP contribution is -2.62. The number of nitrogens with zero attached hydrogens (tertiary/aromatic N) is 3. The van der Waals surface area contributed by atoms with E-state index in [1.165, 1.54) is 84.6 Å². The highest BCUT2D eigenvalue weighted by Gasteiger charge is 2.42. The molecule has 1 fully saturated rings. The Hall–Kier alpha value is -9.43. The third kappa shape index (κ3) is 23.4. The Balaban J connectivity index is 1.30. The lowest BCUT2D eigenvalue weighted by Gasteiger charge is -2.31. The summed E-state index contributed by atoms with van der Waals surface area (Å²) in [4.78, 5) is 169. The maximum Gasteiger partial charge on any atom is 0.266 e. The van der Waals surface area contributed by atoms with Crippen molar-refractivity contribution in [2.45, 2.75) is 163 Å². The summed E-state index contributed by atoms with van der Waals surface area (Å²) >= 11 is 2.46. The highest BCUT2D eigenvalue weighted by atomic mass is 32.2. The number of oxime groups is 1. The fraction of sp³-hybridized carbons (Fsp3) is 0.492. The molecule has 1 aromatic heterocycles. The van der Waals surface area contributed by atoms with Crippen molar-refractivity contribution < 1.29 is 82.7 Å². The van der Waals surface area contributed by atoms with Gasteiger partial charge in [0.2, 0.25) is 53.2 Å². The third-order valence-electron chi connectivity index (χ3n) is 16.4. The van der Waals surface area contributed by atoms with Gasteiger partial charge in [0.25, 0.3) is 5.91 Å². The van der Waals surface area contributed by atoms with Gasteiger partial charge >= 0.3 is 0 Å². The van der Waals surface area contributed by atoms with Crippen LogP contribution in [0.2, 0.25) is 0 Å². The van der Waals surface area contributed by atoms with Crippen molar-refractivity contribution in [2.75, 3.05) is 31.3 Å². The second kappa shape index (κ2) is 37.2.